The van der Waals surface area contributed by atoms with Gasteiger partial charge in [0, 0.05) is 4.88 Å². The van der Waals surface area contributed by atoms with Gasteiger partial charge in [-0.25, -0.2) is 4.72 Å². The Morgan fingerprint density at radius 3 is 2.16 bits per heavy atom. The lowest BCUT2D eigenvalue weighted by Crippen LogP contribution is -2.35. The molecule has 5 nitrogen and oxygen atoms in total. The lowest BCUT2D eigenvalue weighted by molar-refractivity contribution is -0.118. The monoisotopic (exact) mass is 381 g/mol. The molecule has 0 fully saturated rings. The fourth-order valence-electron chi connectivity index (χ4n) is 2.46. The molecule has 1 aromatic heterocycles. The molecule has 0 radical (unpaired) electrons. The zero-order chi connectivity index (χ0) is 18.6. The highest BCUT2D eigenvalue weighted by molar-refractivity contribution is 7.85. The molecule has 2 rings (SSSR count). The topological polar surface area (TPSA) is 72.5 Å². The molecule has 0 aliphatic carbocycles. The molecule has 0 bridgehead atoms. The zero-order valence-electron chi connectivity index (χ0n) is 14.8. The maximum Gasteiger partial charge on any atom is 0.409 e. The summed E-state index contributed by atoms with van der Waals surface area (Å²) in [4.78, 5) is 12.8. The number of nitrogens with one attached hydrogen (secondary N) is 1. The van der Waals surface area contributed by atoms with Crippen molar-refractivity contribution in [2.75, 3.05) is 0 Å². The first-order chi connectivity index (χ1) is 11.7. The lowest BCUT2D eigenvalue weighted by atomic mass is 9.94. The van der Waals surface area contributed by atoms with Crippen LogP contribution in [0.3, 0.4) is 0 Å². The first kappa shape index (κ1) is 19.5. The van der Waals surface area contributed by atoms with E-state index in [4.69, 9.17) is 4.18 Å². The molecule has 25 heavy (non-hydrogen) atoms. The number of para-hydroxylation sites is 1. The van der Waals surface area contributed by atoms with Gasteiger partial charge in [0.1, 0.15) is 0 Å². The van der Waals surface area contributed by atoms with E-state index in [0.717, 1.165) is 16.0 Å². The van der Waals surface area contributed by atoms with Gasteiger partial charge in [-0.15, -0.1) is 11.3 Å². The molecule has 0 spiro atoms. The van der Waals surface area contributed by atoms with E-state index in [2.05, 4.69) is 0 Å². The minimum Gasteiger partial charge on any atom is -0.366 e. The summed E-state index contributed by atoms with van der Waals surface area (Å²) < 4.78 is 32.0. The maximum atomic E-state index is 12.3. The fourth-order valence-corrected chi connectivity index (χ4v) is 3.96. The van der Waals surface area contributed by atoms with Gasteiger partial charge in [0.15, 0.2) is 5.75 Å². The molecular weight excluding hydrogens is 358 g/mol. The van der Waals surface area contributed by atoms with Crippen molar-refractivity contribution in [2.45, 2.75) is 46.0 Å². The minimum atomic E-state index is -4.24. The van der Waals surface area contributed by atoms with Crippen molar-refractivity contribution in [3.05, 3.63) is 51.7 Å². The van der Waals surface area contributed by atoms with Crippen LogP contribution >= 0.6 is 11.3 Å². The average Bonchev–Trinajstić information content (AvgIpc) is 2.98. The number of carbonyl (C=O) groups excluding carboxylic acids is 1. The first-order valence-corrected chi connectivity index (χ1v) is 10.4. The Kier molecular flexibility index (Phi) is 6.24. The van der Waals surface area contributed by atoms with Crippen LogP contribution in [0.15, 0.2) is 35.7 Å². The van der Waals surface area contributed by atoms with E-state index in [0.29, 0.717) is 5.75 Å². The zero-order valence-corrected chi connectivity index (χ0v) is 16.4. The van der Waals surface area contributed by atoms with E-state index in [1.807, 2.05) is 62.1 Å². The van der Waals surface area contributed by atoms with Crippen molar-refractivity contribution < 1.29 is 17.4 Å². The summed E-state index contributed by atoms with van der Waals surface area (Å²) in [5.74, 6) is -0.129. The van der Waals surface area contributed by atoms with E-state index in [1.54, 1.807) is 6.07 Å². The summed E-state index contributed by atoms with van der Waals surface area (Å²) in [7, 11) is -4.24. The van der Waals surface area contributed by atoms with Crippen molar-refractivity contribution in [3.8, 4) is 5.75 Å². The van der Waals surface area contributed by atoms with E-state index in [1.165, 1.54) is 11.3 Å². The number of carbonyl (C=O) groups is 1. The van der Waals surface area contributed by atoms with E-state index < -0.39 is 16.2 Å². The van der Waals surface area contributed by atoms with Crippen LogP contribution in [0.1, 0.15) is 55.5 Å². The van der Waals surface area contributed by atoms with Gasteiger partial charge in [-0.1, -0.05) is 52.0 Å². The van der Waals surface area contributed by atoms with Gasteiger partial charge >= 0.3 is 10.3 Å². The molecule has 0 unspecified atom stereocenters. The smallest absolute Gasteiger partial charge is 0.366 e. The Bertz CT molecular complexity index is 799. The molecule has 2 aromatic rings. The molecule has 0 atom stereocenters. The van der Waals surface area contributed by atoms with Crippen LogP contribution in [0.4, 0.5) is 0 Å². The molecule has 0 saturated heterocycles. The van der Waals surface area contributed by atoms with Crippen LogP contribution < -0.4 is 8.91 Å². The van der Waals surface area contributed by atoms with Gasteiger partial charge in [0.2, 0.25) is 5.91 Å². The molecule has 1 N–H and O–H groups in total. The number of thiophene rings is 1. The predicted molar refractivity (Wildman–Crippen MR) is 100 cm³/mol. The Morgan fingerprint density at radius 1 is 1.08 bits per heavy atom. The van der Waals surface area contributed by atoms with Gasteiger partial charge in [0.25, 0.3) is 0 Å². The van der Waals surface area contributed by atoms with E-state index >= 15 is 0 Å². The summed E-state index contributed by atoms with van der Waals surface area (Å²) in [6.45, 7) is 7.87. The second-order valence-electron chi connectivity index (χ2n) is 6.39. The van der Waals surface area contributed by atoms with Crippen molar-refractivity contribution in [1.29, 1.82) is 0 Å². The van der Waals surface area contributed by atoms with Gasteiger partial charge in [-0.2, -0.15) is 8.42 Å². The van der Waals surface area contributed by atoms with Crippen molar-refractivity contribution >= 4 is 27.5 Å². The third-order valence-electron chi connectivity index (χ3n) is 3.67. The van der Waals surface area contributed by atoms with Crippen LogP contribution in [0, 0.1) is 0 Å². The number of amides is 1. The number of hydrogen-bond acceptors (Lipinski definition) is 5. The Hall–Kier alpha value is -1.86. The molecule has 136 valence electrons. The highest BCUT2D eigenvalue weighted by atomic mass is 32.2. The summed E-state index contributed by atoms with van der Waals surface area (Å²) in [6, 6.07) is 9.16. The van der Waals surface area contributed by atoms with Crippen LogP contribution in [-0.2, 0) is 21.5 Å². The molecule has 1 aromatic carbocycles. The van der Waals surface area contributed by atoms with Crippen LogP contribution in [-0.4, -0.2) is 14.3 Å². The predicted octanol–water partition coefficient (Wildman–Crippen LogP) is 3.98. The second kappa shape index (κ2) is 8.01. The second-order valence-corrected chi connectivity index (χ2v) is 8.71. The van der Waals surface area contributed by atoms with Crippen LogP contribution in [0.25, 0.3) is 0 Å². The molecular formula is C18H23NO4S2. The Morgan fingerprint density at radius 2 is 1.68 bits per heavy atom. The first-order valence-electron chi connectivity index (χ1n) is 8.10. The van der Waals surface area contributed by atoms with Gasteiger partial charge in [-0.05, 0) is 34.4 Å². The lowest BCUT2D eigenvalue weighted by Gasteiger charge is -2.19. The highest BCUT2D eigenvalue weighted by Crippen LogP contribution is 2.35. The van der Waals surface area contributed by atoms with Gasteiger partial charge < -0.3 is 4.18 Å². The Balaban J connectivity index is 2.23. The third kappa shape index (κ3) is 5.31. The van der Waals surface area contributed by atoms with Crippen LogP contribution in [0.5, 0.6) is 5.75 Å². The van der Waals surface area contributed by atoms with Gasteiger partial charge in [0.05, 0.1) is 6.42 Å². The van der Waals surface area contributed by atoms with E-state index in [-0.39, 0.29) is 18.3 Å². The maximum absolute atomic E-state index is 12.3. The molecule has 0 aliphatic heterocycles. The largest absolute Gasteiger partial charge is 0.409 e. The molecule has 1 amide bonds. The standard InChI is InChI=1S/C18H23NO4S2/c1-12(2)15-8-5-9-16(13(3)4)18(15)23-25(21,22)19-17(20)11-14-7-6-10-24-14/h5-10,12-13H,11H2,1-4H3,(H,19,20). The number of benzene rings is 1. The Labute approximate surface area is 153 Å². The molecule has 1 heterocycles. The SMILES string of the molecule is CC(C)c1cccc(C(C)C)c1OS(=O)(=O)NC(=O)Cc1cccs1. The third-order valence-corrected chi connectivity index (χ3v) is 5.41. The molecule has 0 saturated carbocycles. The van der Waals surface area contributed by atoms with Crippen molar-refractivity contribution in [3.63, 3.8) is 0 Å². The summed E-state index contributed by atoms with van der Waals surface area (Å²) in [5, 5.41) is 1.83. The molecule has 7 heteroatoms. The number of rotatable bonds is 7. The van der Waals surface area contributed by atoms with Crippen molar-refractivity contribution in [1.82, 2.24) is 4.72 Å². The highest BCUT2D eigenvalue weighted by Gasteiger charge is 2.23. The fraction of sp³-hybridized carbons (Fsp3) is 0.389. The quantitative estimate of drug-likeness (QED) is 0.787. The van der Waals surface area contributed by atoms with Gasteiger partial charge in [-0.3, -0.25) is 4.79 Å². The molecule has 0 aliphatic rings. The summed E-state index contributed by atoms with van der Waals surface area (Å²) >= 11 is 1.40. The number of hydrogen-bond donors (Lipinski definition) is 1. The van der Waals surface area contributed by atoms with Crippen LogP contribution in [0.2, 0.25) is 0 Å². The summed E-state index contributed by atoms with van der Waals surface area (Å²) in [5.41, 5.74) is 1.59. The van der Waals surface area contributed by atoms with E-state index in [9.17, 15) is 13.2 Å². The normalized spacial score (nSPS) is 11.8. The average molecular weight is 382 g/mol. The minimum absolute atomic E-state index is 0.00310. The van der Waals surface area contributed by atoms with Crippen molar-refractivity contribution in [2.24, 2.45) is 0 Å². The summed E-state index contributed by atoms with van der Waals surface area (Å²) in [6.07, 6.45) is 0.00310.